The minimum Gasteiger partial charge on any atom is -0.309 e. The minimum atomic E-state index is -0.825. The smallest absolute Gasteiger partial charge is 0.159 e. The summed E-state index contributed by atoms with van der Waals surface area (Å²) in [6, 6.07) is 9.73. The van der Waals surface area contributed by atoms with Gasteiger partial charge in [0.2, 0.25) is 0 Å². The second-order valence-electron chi connectivity index (χ2n) is 4.44. The molecule has 0 aromatic heterocycles. The highest BCUT2D eigenvalue weighted by atomic mass is 35.5. The molecule has 2 aromatic carbocycles. The number of hydrogen-bond acceptors (Lipinski definition) is 1. The first-order valence-electron chi connectivity index (χ1n) is 5.96. The van der Waals surface area contributed by atoms with Crippen LogP contribution in [0.1, 0.15) is 16.7 Å². The summed E-state index contributed by atoms with van der Waals surface area (Å²) in [4.78, 5) is 0. The lowest BCUT2D eigenvalue weighted by Crippen LogP contribution is -2.13. The highest BCUT2D eigenvalue weighted by Crippen LogP contribution is 2.16. The van der Waals surface area contributed by atoms with Gasteiger partial charge in [-0.1, -0.05) is 29.8 Å². The summed E-state index contributed by atoms with van der Waals surface area (Å²) in [5.74, 6) is -1.65. The summed E-state index contributed by atoms with van der Waals surface area (Å²) in [5.41, 5.74) is 2.79. The van der Waals surface area contributed by atoms with Crippen molar-refractivity contribution in [1.29, 1.82) is 0 Å². The van der Waals surface area contributed by atoms with Gasteiger partial charge in [0.25, 0.3) is 0 Å². The molecule has 0 unspecified atom stereocenters. The molecule has 1 N–H and O–H groups in total. The predicted molar refractivity (Wildman–Crippen MR) is 73.1 cm³/mol. The van der Waals surface area contributed by atoms with E-state index in [0.29, 0.717) is 18.7 Å². The van der Waals surface area contributed by atoms with Crippen molar-refractivity contribution >= 4 is 11.6 Å². The molecular formula is C15H14ClF2N. The van der Waals surface area contributed by atoms with Crippen molar-refractivity contribution in [2.24, 2.45) is 0 Å². The van der Waals surface area contributed by atoms with E-state index in [-0.39, 0.29) is 0 Å². The fourth-order valence-corrected chi connectivity index (χ4v) is 1.95. The molecule has 0 bridgehead atoms. The van der Waals surface area contributed by atoms with Gasteiger partial charge in [0, 0.05) is 18.1 Å². The molecule has 19 heavy (non-hydrogen) atoms. The lowest BCUT2D eigenvalue weighted by atomic mass is 10.1. The van der Waals surface area contributed by atoms with Gasteiger partial charge < -0.3 is 5.32 Å². The van der Waals surface area contributed by atoms with Gasteiger partial charge in [0.05, 0.1) is 0 Å². The van der Waals surface area contributed by atoms with Gasteiger partial charge >= 0.3 is 0 Å². The van der Waals surface area contributed by atoms with Gasteiger partial charge in [-0.15, -0.1) is 0 Å². The molecule has 0 spiro atoms. The topological polar surface area (TPSA) is 12.0 Å². The third-order valence-electron chi connectivity index (χ3n) is 2.88. The molecule has 1 nitrogen and oxygen atoms in total. The van der Waals surface area contributed by atoms with Crippen molar-refractivity contribution < 1.29 is 8.78 Å². The summed E-state index contributed by atoms with van der Waals surface area (Å²) in [6.07, 6.45) is 0. The molecule has 0 aliphatic carbocycles. The lowest BCUT2D eigenvalue weighted by molar-refractivity contribution is 0.506. The Bertz CT molecular complexity index is 533. The molecule has 0 aliphatic heterocycles. The largest absolute Gasteiger partial charge is 0.309 e. The van der Waals surface area contributed by atoms with Crippen molar-refractivity contribution in [2.75, 3.05) is 0 Å². The maximum Gasteiger partial charge on any atom is 0.159 e. The van der Waals surface area contributed by atoms with Crippen LogP contribution in [-0.2, 0) is 13.1 Å². The molecular weight excluding hydrogens is 268 g/mol. The van der Waals surface area contributed by atoms with Gasteiger partial charge in [-0.25, -0.2) is 8.78 Å². The standard InChI is InChI=1S/C15H14ClF2N/c1-10-2-3-11(6-13(10)16)8-19-9-12-4-5-14(17)15(18)7-12/h2-7,19H,8-9H2,1H3. The average molecular weight is 282 g/mol. The molecule has 0 aliphatic rings. The van der Waals surface area contributed by atoms with Crippen LogP contribution in [0.3, 0.4) is 0 Å². The molecule has 0 saturated heterocycles. The first kappa shape index (κ1) is 14.0. The van der Waals surface area contributed by atoms with Crippen LogP contribution in [0.25, 0.3) is 0 Å². The van der Waals surface area contributed by atoms with E-state index in [1.54, 1.807) is 6.07 Å². The molecule has 0 radical (unpaired) electrons. The molecule has 2 rings (SSSR count). The molecule has 100 valence electrons. The average Bonchev–Trinajstić information content (AvgIpc) is 2.38. The lowest BCUT2D eigenvalue weighted by Gasteiger charge is -2.07. The fourth-order valence-electron chi connectivity index (χ4n) is 1.75. The van der Waals surface area contributed by atoms with E-state index >= 15 is 0 Å². The first-order chi connectivity index (χ1) is 9.06. The van der Waals surface area contributed by atoms with Gasteiger partial charge in [-0.3, -0.25) is 0 Å². The van der Waals surface area contributed by atoms with E-state index in [1.165, 1.54) is 6.07 Å². The molecule has 4 heteroatoms. The van der Waals surface area contributed by atoms with Crippen LogP contribution in [0.5, 0.6) is 0 Å². The Kier molecular flexibility index (Phi) is 4.51. The maximum atomic E-state index is 13.0. The van der Waals surface area contributed by atoms with Gasteiger partial charge in [0.15, 0.2) is 11.6 Å². The summed E-state index contributed by atoms with van der Waals surface area (Å²) in [5, 5.41) is 3.89. The number of benzene rings is 2. The Morgan fingerprint density at radius 2 is 1.58 bits per heavy atom. The van der Waals surface area contributed by atoms with Gasteiger partial charge in [-0.2, -0.15) is 0 Å². The fraction of sp³-hybridized carbons (Fsp3) is 0.200. The number of halogens is 3. The predicted octanol–water partition coefficient (Wildman–Crippen LogP) is 4.22. The van der Waals surface area contributed by atoms with Crippen molar-refractivity contribution in [3.05, 3.63) is 69.7 Å². The Balaban J connectivity index is 1.92. The van der Waals surface area contributed by atoms with Crippen molar-refractivity contribution in [3.63, 3.8) is 0 Å². The zero-order valence-electron chi connectivity index (χ0n) is 10.5. The van der Waals surface area contributed by atoms with E-state index in [4.69, 9.17) is 11.6 Å². The zero-order chi connectivity index (χ0) is 13.8. The van der Waals surface area contributed by atoms with E-state index in [0.717, 1.165) is 22.2 Å². The van der Waals surface area contributed by atoms with Crippen LogP contribution in [0.15, 0.2) is 36.4 Å². The number of nitrogens with one attached hydrogen (secondary N) is 1. The van der Waals surface area contributed by atoms with Crippen LogP contribution < -0.4 is 5.32 Å². The third-order valence-corrected chi connectivity index (χ3v) is 3.29. The van der Waals surface area contributed by atoms with E-state index in [1.807, 2.05) is 25.1 Å². The molecule has 0 fully saturated rings. The van der Waals surface area contributed by atoms with E-state index in [9.17, 15) is 8.78 Å². The summed E-state index contributed by atoms with van der Waals surface area (Å²) in [6.45, 7) is 3.04. The van der Waals surface area contributed by atoms with Crippen molar-refractivity contribution in [1.82, 2.24) is 5.32 Å². The van der Waals surface area contributed by atoms with E-state index in [2.05, 4.69) is 5.32 Å². The Morgan fingerprint density at radius 1 is 0.947 bits per heavy atom. The monoisotopic (exact) mass is 281 g/mol. The summed E-state index contributed by atoms with van der Waals surface area (Å²) < 4.78 is 25.8. The maximum absolute atomic E-state index is 13.0. The number of aryl methyl sites for hydroxylation is 1. The molecule has 0 heterocycles. The second kappa shape index (κ2) is 6.13. The van der Waals surface area contributed by atoms with Crippen molar-refractivity contribution in [3.8, 4) is 0 Å². The zero-order valence-corrected chi connectivity index (χ0v) is 11.3. The normalized spacial score (nSPS) is 10.7. The van der Waals surface area contributed by atoms with Crippen LogP contribution in [-0.4, -0.2) is 0 Å². The quantitative estimate of drug-likeness (QED) is 0.885. The highest BCUT2D eigenvalue weighted by Gasteiger charge is 2.02. The summed E-state index contributed by atoms with van der Waals surface area (Å²) in [7, 11) is 0. The van der Waals surface area contributed by atoms with Crippen LogP contribution in [0, 0.1) is 18.6 Å². The Hall–Kier alpha value is -1.45. The highest BCUT2D eigenvalue weighted by molar-refractivity contribution is 6.31. The Morgan fingerprint density at radius 3 is 2.21 bits per heavy atom. The summed E-state index contributed by atoms with van der Waals surface area (Å²) >= 11 is 6.03. The second-order valence-corrected chi connectivity index (χ2v) is 4.84. The number of rotatable bonds is 4. The molecule has 0 atom stereocenters. The van der Waals surface area contributed by atoms with Crippen LogP contribution in [0.4, 0.5) is 8.78 Å². The van der Waals surface area contributed by atoms with E-state index < -0.39 is 11.6 Å². The molecule has 0 amide bonds. The first-order valence-corrected chi connectivity index (χ1v) is 6.34. The van der Waals surface area contributed by atoms with Crippen molar-refractivity contribution in [2.45, 2.75) is 20.0 Å². The third kappa shape index (κ3) is 3.75. The molecule has 2 aromatic rings. The van der Waals surface area contributed by atoms with Gasteiger partial charge in [0.1, 0.15) is 0 Å². The minimum absolute atomic E-state index is 0.475. The SMILES string of the molecule is Cc1ccc(CNCc2ccc(F)c(F)c2)cc1Cl. The van der Waals surface area contributed by atoms with Crippen LogP contribution in [0.2, 0.25) is 5.02 Å². The van der Waals surface area contributed by atoms with Gasteiger partial charge in [-0.05, 0) is 41.8 Å². The molecule has 0 saturated carbocycles. The van der Waals surface area contributed by atoms with Crippen LogP contribution >= 0.6 is 11.6 Å². The number of hydrogen-bond donors (Lipinski definition) is 1. The Labute approximate surface area is 116 Å².